The fourth-order valence-corrected chi connectivity index (χ4v) is 2.63. The maximum Gasteiger partial charge on any atom is 0.323 e. The summed E-state index contributed by atoms with van der Waals surface area (Å²) in [4.78, 5) is 25.6. The summed E-state index contributed by atoms with van der Waals surface area (Å²) in [5, 5.41) is 5.32. The normalized spacial score (nSPS) is 14.4. The Bertz CT molecular complexity index is 729. The molecule has 0 spiro atoms. The average Bonchev–Trinajstić information content (AvgIpc) is 2.58. The third-order valence-electron chi connectivity index (χ3n) is 3.86. The van der Waals surface area contributed by atoms with Gasteiger partial charge < -0.3 is 15.5 Å². The maximum absolute atomic E-state index is 12.8. The number of halogens is 1. The number of carbonyl (C=O) groups excluding carboxylic acids is 2. The maximum atomic E-state index is 12.8. The molecule has 1 aliphatic rings. The van der Waals surface area contributed by atoms with Crippen molar-refractivity contribution in [3.8, 4) is 0 Å². The van der Waals surface area contributed by atoms with Crippen LogP contribution < -0.4 is 15.5 Å². The van der Waals surface area contributed by atoms with Crippen LogP contribution in [0, 0.1) is 5.82 Å². The summed E-state index contributed by atoms with van der Waals surface area (Å²) in [7, 11) is 0. The van der Waals surface area contributed by atoms with Gasteiger partial charge in [-0.05, 0) is 61.4 Å². The number of urea groups is 1. The van der Waals surface area contributed by atoms with Gasteiger partial charge in [-0.1, -0.05) is 0 Å². The van der Waals surface area contributed by atoms with Gasteiger partial charge in [0.1, 0.15) is 5.82 Å². The van der Waals surface area contributed by atoms with Crippen molar-refractivity contribution in [2.75, 3.05) is 22.1 Å². The molecule has 3 rings (SSSR count). The van der Waals surface area contributed by atoms with Gasteiger partial charge in [-0.25, -0.2) is 9.18 Å². The largest absolute Gasteiger partial charge is 0.323 e. The molecule has 1 aliphatic heterocycles. The lowest BCUT2D eigenvalue weighted by Gasteiger charge is -2.26. The molecule has 0 saturated carbocycles. The number of carbonyl (C=O) groups is 2. The van der Waals surface area contributed by atoms with E-state index in [0.717, 1.165) is 25.1 Å². The molecule has 6 heteroatoms. The molecule has 3 amide bonds. The van der Waals surface area contributed by atoms with Crippen molar-refractivity contribution in [2.24, 2.45) is 0 Å². The van der Waals surface area contributed by atoms with E-state index in [1.54, 1.807) is 17.0 Å². The van der Waals surface area contributed by atoms with Crippen molar-refractivity contribution in [3.63, 3.8) is 0 Å². The summed E-state index contributed by atoms with van der Waals surface area (Å²) in [6, 6.07) is 12.2. The second kappa shape index (κ2) is 7.12. The molecule has 1 saturated heterocycles. The number of amides is 3. The minimum Gasteiger partial charge on any atom is -0.312 e. The molecule has 5 nitrogen and oxygen atoms in total. The van der Waals surface area contributed by atoms with Crippen LogP contribution >= 0.6 is 0 Å². The molecule has 24 heavy (non-hydrogen) atoms. The molecule has 0 unspecified atom stereocenters. The lowest BCUT2D eigenvalue weighted by Crippen LogP contribution is -2.35. The van der Waals surface area contributed by atoms with Gasteiger partial charge in [-0.15, -0.1) is 0 Å². The van der Waals surface area contributed by atoms with Crippen LogP contribution in [0.15, 0.2) is 48.5 Å². The first-order valence-electron chi connectivity index (χ1n) is 7.86. The molecule has 2 aromatic rings. The summed E-state index contributed by atoms with van der Waals surface area (Å²) in [5.74, 6) is -0.222. The van der Waals surface area contributed by atoms with Crippen LogP contribution in [0.5, 0.6) is 0 Å². The van der Waals surface area contributed by atoms with Gasteiger partial charge in [0.2, 0.25) is 5.91 Å². The van der Waals surface area contributed by atoms with E-state index in [9.17, 15) is 14.0 Å². The average molecular weight is 327 g/mol. The highest BCUT2D eigenvalue weighted by Gasteiger charge is 2.19. The first-order chi connectivity index (χ1) is 11.6. The molecule has 0 aromatic heterocycles. The van der Waals surface area contributed by atoms with E-state index in [1.807, 2.05) is 12.1 Å². The Hall–Kier alpha value is -2.89. The quantitative estimate of drug-likeness (QED) is 0.895. The number of nitrogens with one attached hydrogen (secondary N) is 2. The molecule has 0 bridgehead atoms. The summed E-state index contributed by atoms with van der Waals surface area (Å²) in [5.41, 5.74) is 1.96. The van der Waals surface area contributed by atoms with E-state index < -0.39 is 6.03 Å². The Morgan fingerprint density at radius 2 is 1.50 bits per heavy atom. The fraction of sp³-hybridized carbons (Fsp3) is 0.222. The number of hydrogen-bond donors (Lipinski definition) is 2. The van der Waals surface area contributed by atoms with Crippen LogP contribution in [0.1, 0.15) is 19.3 Å². The standard InChI is InChI=1S/C18H18FN3O2/c19-13-4-6-14(7-5-13)20-18(24)21-15-8-10-16(11-9-15)22-12-2-1-3-17(22)23/h4-11H,1-3,12H2,(H2,20,21,24). The molecule has 0 atom stereocenters. The number of benzene rings is 2. The minimum atomic E-state index is -0.414. The first kappa shape index (κ1) is 16.0. The molecule has 0 aliphatic carbocycles. The van der Waals surface area contributed by atoms with Crippen LogP contribution in [0.3, 0.4) is 0 Å². The third-order valence-corrected chi connectivity index (χ3v) is 3.86. The van der Waals surface area contributed by atoms with Crippen molar-refractivity contribution < 1.29 is 14.0 Å². The van der Waals surface area contributed by atoms with Crippen LogP contribution in [0.2, 0.25) is 0 Å². The molecule has 2 aromatic carbocycles. The molecule has 2 N–H and O–H groups in total. The van der Waals surface area contributed by atoms with E-state index in [-0.39, 0.29) is 11.7 Å². The lowest BCUT2D eigenvalue weighted by atomic mass is 10.1. The molecule has 0 radical (unpaired) electrons. The predicted octanol–water partition coefficient (Wildman–Crippen LogP) is 3.99. The van der Waals surface area contributed by atoms with Crippen molar-refractivity contribution in [1.29, 1.82) is 0 Å². The highest BCUT2D eigenvalue weighted by molar-refractivity contribution is 6.00. The second-order valence-electron chi connectivity index (χ2n) is 5.64. The Labute approximate surface area is 139 Å². The van der Waals surface area contributed by atoms with Gasteiger partial charge in [-0.3, -0.25) is 4.79 Å². The topological polar surface area (TPSA) is 61.4 Å². The smallest absolute Gasteiger partial charge is 0.312 e. The highest BCUT2D eigenvalue weighted by atomic mass is 19.1. The van der Waals surface area contributed by atoms with Gasteiger partial charge in [0.15, 0.2) is 0 Å². The minimum absolute atomic E-state index is 0.135. The van der Waals surface area contributed by atoms with E-state index in [0.29, 0.717) is 17.8 Å². The van der Waals surface area contributed by atoms with Crippen molar-refractivity contribution in [2.45, 2.75) is 19.3 Å². The zero-order valence-electron chi connectivity index (χ0n) is 13.1. The number of rotatable bonds is 3. The molecular weight excluding hydrogens is 309 g/mol. The lowest BCUT2D eigenvalue weighted by molar-refractivity contribution is -0.119. The summed E-state index contributed by atoms with van der Waals surface area (Å²) >= 11 is 0. The van der Waals surface area contributed by atoms with Crippen LogP contribution in [0.25, 0.3) is 0 Å². The first-order valence-corrected chi connectivity index (χ1v) is 7.86. The van der Waals surface area contributed by atoms with Gasteiger partial charge in [-0.2, -0.15) is 0 Å². The number of nitrogens with zero attached hydrogens (tertiary/aromatic N) is 1. The van der Waals surface area contributed by atoms with Crippen molar-refractivity contribution >= 4 is 29.0 Å². The van der Waals surface area contributed by atoms with Crippen LogP contribution in [0.4, 0.5) is 26.2 Å². The zero-order chi connectivity index (χ0) is 16.9. The number of anilines is 3. The van der Waals surface area contributed by atoms with E-state index >= 15 is 0 Å². The Morgan fingerprint density at radius 3 is 2.08 bits per heavy atom. The van der Waals surface area contributed by atoms with Gasteiger partial charge in [0, 0.05) is 30.0 Å². The Balaban J connectivity index is 1.60. The summed E-state index contributed by atoms with van der Waals surface area (Å²) < 4.78 is 12.8. The van der Waals surface area contributed by atoms with E-state index in [1.165, 1.54) is 24.3 Å². The van der Waals surface area contributed by atoms with Crippen LogP contribution in [-0.2, 0) is 4.79 Å². The van der Waals surface area contributed by atoms with Gasteiger partial charge >= 0.3 is 6.03 Å². The van der Waals surface area contributed by atoms with E-state index in [4.69, 9.17) is 0 Å². The fourth-order valence-electron chi connectivity index (χ4n) is 2.63. The van der Waals surface area contributed by atoms with Crippen molar-refractivity contribution in [3.05, 3.63) is 54.3 Å². The zero-order valence-corrected chi connectivity index (χ0v) is 13.1. The predicted molar refractivity (Wildman–Crippen MR) is 91.7 cm³/mol. The second-order valence-corrected chi connectivity index (χ2v) is 5.64. The van der Waals surface area contributed by atoms with Crippen LogP contribution in [-0.4, -0.2) is 18.5 Å². The van der Waals surface area contributed by atoms with Gasteiger partial charge in [0.25, 0.3) is 0 Å². The SMILES string of the molecule is O=C(Nc1ccc(F)cc1)Nc1ccc(N2CCCCC2=O)cc1. The van der Waals surface area contributed by atoms with Gasteiger partial charge in [0.05, 0.1) is 0 Å². The Morgan fingerprint density at radius 1 is 0.917 bits per heavy atom. The molecule has 1 fully saturated rings. The monoisotopic (exact) mass is 327 g/mol. The number of hydrogen-bond acceptors (Lipinski definition) is 2. The molecular formula is C18H18FN3O2. The number of piperidine rings is 1. The molecule has 124 valence electrons. The third kappa shape index (κ3) is 3.90. The Kier molecular flexibility index (Phi) is 4.74. The summed E-state index contributed by atoms with van der Waals surface area (Å²) in [6.45, 7) is 0.733. The molecule has 1 heterocycles. The summed E-state index contributed by atoms with van der Waals surface area (Å²) in [6.07, 6.45) is 2.53. The van der Waals surface area contributed by atoms with E-state index in [2.05, 4.69) is 10.6 Å². The van der Waals surface area contributed by atoms with Crippen molar-refractivity contribution in [1.82, 2.24) is 0 Å². The highest BCUT2D eigenvalue weighted by Crippen LogP contribution is 2.22.